The Morgan fingerprint density at radius 3 is 2.56 bits per heavy atom. The molecule has 0 spiro atoms. The van der Waals surface area contributed by atoms with E-state index in [9.17, 15) is 9.18 Å². The van der Waals surface area contributed by atoms with Crippen LogP contribution in [0.4, 0.5) is 10.1 Å². The number of hydrazine groups is 1. The van der Waals surface area contributed by atoms with Gasteiger partial charge in [-0.05, 0) is 67.1 Å². The van der Waals surface area contributed by atoms with Crippen LogP contribution in [0.3, 0.4) is 0 Å². The number of carbonyl (C=O) groups excluding carboxylic acids is 1. The summed E-state index contributed by atoms with van der Waals surface area (Å²) in [6, 6.07) is 18.8. The Balaban J connectivity index is 1.56. The van der Waals surface area contributed by atoms with Crippen molar-refractivity contribution >= 4 is 29.0 Å². The Kier molecular flexibility index (Phi) is 5.82. The van der Waals surface area contributed by atoms with E-state index < -0.39 is 0 Å². The van der Waals surface area contributed by atoms with Crippen LogP contribution >= 0.6 is 0 Å². The molecule has 9 heteroatoms. The van der Waals surface area contributed by atoms with Crippen molar-refractivity contribution in [2.45, 2.75) is 13.5 Å². The maximum Gasteiger partial charge on any atom is 0.255 e. The highest BCUT2D eigenvalue weighted by molar-refractivity contribution is 6.06. The van der Waals surface area contributed by atoms with Gasteiger partial charge in [0.05, 0.1) is 17.6 Å². The van der Waals surface area contributed by atoms with Gasteiger partial charge in [0, 0.05) is 16.9 Å². The van der Waals surface area contributed by atoms with Gasteiger partial charge >= 0.3 is 0 Å². The molecule has 0 unspecified atom stereocenters. The molecule has 0 fully saturated rings. The second-order valence-corrected chi connectivity index (χ2v) is 7.26. The summed E-state index contributed by atoms with van der Waals surface area (Å²) in [5.41, 5.74) is 4.36. The van der Waals surface area contributed by atoms with Crippen LogP contribution in [0.1, 0.15) is 21.7 Å². The number of amides is 1. The van der Waals surface area contributed by atoms with E-state index in [0.29, 0.717) is 17.8 Å². The molecule has 5 N–H and O–H groups in total. The molecule has 0 atom stereocenters. The molecule has 4 rings (SSSR count). The molecule has 8 nitrogen and oxygen atoms in total. The van der Waals surface area contributed by atoms with Gasteiger partial charge in [-0.1, -0.05) is 12.1 Å². The average Bonchev–Trinajstić information content (AvgIpc) is 3.11. The first-order chi connectivity index (χ1) is 15.4. The van der Waals surface area contributed by atoms with Crippen molar-refractivity contribution in [1.29, 1.82) is 0 Å². The zero-order valence-electron chi connectivity index (χ0n) is 17.4. The predicted molar refractivity (Wildman–Crippen MR) is 123 cm³/mol. The molecule has 0 saturated carbocycles. The molecule has 0 radical (unpaired) electrons. The van der Waals surface area contributed by atoms with E-state index in [1.54, 1.807) is 42.5 Å². The van der Waals surface area contributed by atoms with Gasteiger partial charge in [0.2, 0.25) is 0 Å². The lowest BCUT2D eigenvalue weighted by Crippen LogP contribution is -2.29. The van der Waals surface area contributed by atoms with Crippen LogP contribution in [0.15, 0.2) is 71.8 Å². The number of hydrazone groups is 1. The fraction of sp³-hybridized carbons (Fsp3) is 0.0870. The molecule has 162 valence electrons. The highest BCUT2D eigenvalue weighted by atomic mass is 19.1. The van der Waals surface area contributed by atoms with Gasteiger partial charge in [0.1, 0.15) is 18.0 Å². The molecular weight excluding hydrogens is 409 g/mol. The summed E-state index contributed by atoms with van der Waals surface area (Å²) >= 11 is 0. The Labute approximate surface area is 183 Å². The number of fused-ring (bicyclic) bond motifs is 1. The lowest BCUT2D eigenvalue weighted by atomic mass is 10.1. The number of nitrogens with zero attached hydrogens (tertiary/aromatic N) is 4. The molecule has 0 aliphatic rings. The summed E-state index contributed by atoms with van der Waals surface area (Å²) in [5.74, 6) is 11.0. The summed E-state index contributed by atoms with van der Waals surface area (Å²) in [6.45, 7) is 2.30. The van der Waals surface area contributed by atoms with Crippen molar-refractivity contribution in [2.75, 3.05) is 5.32 Å². The monoisotopic (exact) mass is 431 g/mol. The summed E-state index contributed by atoms with van der Waals surface area (Å²) in [4.78, 5) is 17.4. The second-order valence-electron chi connectivity index (χ2n) is 7.26. The highest BCUT2D eigenvalue weighted by Gasteiger charge is 2.13. The zero-order valence-corrected chi connectivity index (χ0v) is 17.4. The van der Waals surface area contributed by atoms with E-state index in [1.807, 2.05) is 23.6 Å². The first-order valence-corrected chi connectivity index (χ1v) is 9.84. The van der Waals surface area contributed by atoms with Gasteiger partial charge in [0.15, 0.2) is 0 Å². The molecule has 1 heterocycles. The van der Waals surface area contributed by atoms with E-state index in [1.165, 1.54) is 23.5 Å². The standard InChI is InChI=1S/C23H22FN7O/c1-15-28-21-11-4-17(12-22(21)31(15)20-9-5-18(24)6-10-20)23(32)29-19-7-2-16(3-8-19)13-30(26)14-27-25/h2-12,14H,13,25-26H2,1H3,(H,29,32)/b27-14-. The maximum absolute atomic E-state index is 13.3. The van der Waals surface area contributed by atoms with Gasteiger partial charge in [-0.25, -0.2) is 15.2 Å². The number of aromatic nitrogens is 2. The van der Waals surface area contributed by atoms with Crippen LogP contribution in [0.5, 0.6) is 0 Å². The van der Waals surface area contributed by atoms with Crippen molar-refractivity contribution in [3.63, 3.8) is 0 Å². The second kappa shape index (κ2) is 8.86. The van der Waals surface area contributed by atoms with Crippen LogP contribution in [0.2, 0.25) is 0 Å². The zero-order chi connectivity index (χ0) is 22.7. The summed E-state index contributed by atoms with van der Waals surface area (Å²) in [6.07, 6.45) is 1.32. The number of imidazole rings is 1. The number of hydrogen-bond donors (Lipinski definition) is 3. The van der Waals surface area contributed by atoms with E-state index >= 15 is 0 Å². The number of nitrogens with two attached hydrogens (primary N) is 2. The van der Waals surface area contributed by atoms with Crippen molar-refractivity contribution in [1.82, 2.24) is 14.6 Å². The van der Waals surface area contributed by atoms with Crippen molar-refractivity contribution < 1.29 is 9.18 Å². The Morgan fingerprint density at radius 1 is 1.16 bits per heavy atom. The largest absolute Gasteiger partial charge is 0.322 e. The normalized spacial score (nSPS) is 11.2. The number of benzene rings is 3. The fourth-order valence-corrected chi connectivity index (χ4v) is 3.49. The maximum atomic E-state index is 13.3. The number of hydrogen-bond acceptors (Lipinski definition) is 5. The molecule has 0 aliphatic carbocycles. The summed E-state index contributed by atoms with van der Waals surface area (Å²) in [5, 5.41) is 7.62. The minimum absolute atomic E-state index is 0.250. The SMILES string of the molecule is Cc1nc2ccc(C(=O)Nc3ccc(CN(N)/C=N\N)cc3)cc2n1-c1ccc(F)cc1. The Morgan fingerprint density at radius 2 is 1.88 bits per heavy atom. The molecule has 0 saturated heterocycles. The van der Waals surface area contributed by atoms with Gasteiger partial charge in [-0.3, -0.25) is 14.4 Å². The predicted octanol–water partition coefficient (Wildman–Crippen LogP) is 3.30. The van der Waals surface area contributed by atoms with E-state index in [0.717, 1.165) is 28.1 Å². The van der Waals surface area contributed by atoms with Crippen LogP contribution in [-0.2, 0) is 6.54 Å². The van der Waals surface area contributed by atoms with Gasteiger partial charge in [-0.2, -0.15) is 5.10 Å². The number of rotatable bonds is 6. The average molecular weight is 431 g/mol. The van der Waals surface area contributed by atoms with Crippen molar-refractivity contribution in [2.24, 2.45) is 16.8 Å². The van der Waals surface area contributed by atoms with E-state index in [2.05, 4.69) is 15.4 Å². The number of carbonyl (C=O) groups is 1. The molecule has 3 aromatic carbocycles. The molecule has 4 aromatic rings. The van der Waals surface area contributed by atoms with Crippen LogP contribution < -0.4 is 17.0 Å². The fourth-order valence-electron chi connectivity index (χ4n) is 3.49. The number of anilines is 1. The third-order valence-corrected chi connectivity index (χ3v) is 4.96. The summed E-state index contributed by atoms with van der Waals surface area (Å²) < 4.78 is 15.2. The van der Waals surface area contributed by atoms with Crippen molar-refractivity contribution in [3.8, 4) is 5.69 Å². The minimum atomic E-state index is -0.311. The smallest absolute Gasteiger partial charge is 0.255 e. The van der Waals surface area contributed by atoms with E-state index in [-0.39, 0.29) is 11.7 Å². The van der Waals surface area contributed by atoms with Gasteiger partial charge in [0.25, 0.3) is 5.91 Å². The van der Waals surface area contributed by atoms with Crippen molar-refractivity contribution in [3.05, 3.63) is 89.5 Å². The third kappa shape index (κ3) is 4.42. The number of aryl methyl sites for hydroxylation is 1. The Bertz CT molecular complexity index is 1280. The molecule has 32 heavy (non-hydrogen) atoms. The Hall–Kier alpha value is -4.24. The third-order valence-electron chi connectivity index (χ3n) is 4.96. The highest BCUT2D eigenvalue weighted by Crippen LogP contribution is 2.23. The summed E-state index contributed by atoms with van der Waals surface area (Å²) in [7, 11) is 0. The topological polar surface area (TPSA) is 115 Å². The lowest BCUT2D eigenvalue weighted by molar-refractivity contribution is 0.102. The minimum Gasteiger partial charge on any atom is -0.322 e. The number of nitrogens with one attached hydrogen (secondary N) is 1. The molecule has 0 bridgehead atoms. The van der Waals surface area contributed by atoms with E-state index in [4.69, 9.17) is 11.7 Å². The first-order valence-electron chi connectivity index (χ1n) is 9.84. The van der Waals surface area contributed by atoms with Crippen LogP contribution in [0.25, 0.3) is 16.7 Å². The van der Waals surface area contributed by atoms with Gasteiger partial charge < -0.3 is 11.2 Å². The van der Waals surface area contributed by atoms with Gasteiger partial charge in [-0.15, -0.1) is 0 Å². The molecule has 1 aromatic heterocycles. The molecular formula is C23H22FN7O. The van der Waals surface area contributed by atoms with Crippen LogP contribution in [0, 0.1) is 12.7 Å². The number of halogens is 1. The van der Waals surface area contributed by atoms with Crippen LogP contribution in [-0.4, -0.2) is 26.8 Å². The quantitative estimate of drug-likeness (QED) is 0.188. The lowest BCUT2D eigenvalue weighted by Gasteiger charge is -2.12. The first kappa shape index (κ1) is 21.0. The molecule has 1 amide bonds. The molecule has 0 aliphatic heterocycles.